The van der Waals surface area contributed by atoms with Crippen molar-refractivity contribution < 1.29 is 13.2 Å². The fourth-order valence-electron chi connectivity index (χ4n) is 3.19. The molecule has 3 rings (SSSR count). The van der Waals surface area contributed by atoms with E-state index < -0.39 is 11.7 Å². The van der Waals surface area contributed by atoms with E-state index in [0.29, 0.717) is 21.8 Å². The van der Waals surface area contributed by atoms with Crippen LogP contribution in [0, 0.1) is 11.3 Å². The SMILES string of the molecule is CCC(C)[C@H]1CCc2cc(C(F)(F)F)cc3sc(=N)n1c23. The van der Waals surface area contributed by atoms with Gasteiger partial charge in [0.2, 0.25) is 0 Å². The predicted molar refractivity (Wildman–Crippen MR) is 77.5 cm³/mol. The van der Waals surface area contributed by atoms with E-state index in [-0.39, 0.29) is 6.04 Å². The van der Waals surface area contributed by atoms with Gasteiger partial charge in [-0.3, -0.25) is 5.41 Å². The number of halogens is 3. The van der Waals surface area contributed by atoms with Gasteiger partial charge in [0.15, 0.2) is 4.80 Å². The Labute approximate surface area is 124 Å². The Morgan fingerprint density at radius 1 is 1.43 bits per heavy atom. The van der Waals surface area contributed by atoms with Gasteiger partial charge in [-0.05, 0) is 36.5 Å². The Morgan fingerprint density at radius 2 is 2.14 bits per heavy atom. The third kappa shape index (κ3) is 2.29. The first-order valence-electron chi connectivity index (χ1n) is 7.12. The molecule has 2 nitrogen and oxygen atoms in total. The summed E-state index contributed by atoms with van der Waals surface area (Å²) >= 11 is 1.15. The second-order valence-corrected chi connectivity index (χ2v) is 6.78. The zero-order valence-electron chi connectivity index (χ0n) is 11.9. The van der Waals surface area contributed by atoms with Crippen molar-refractivity contribution in [2.75, 3.05) is 0 Å². The Kier molecular flexibility index (Phi) is 3.39. The molecule has 1 aromatic carbocycles. The number of nitrogens with one attached hydrogen (secondary N) is 1. The maximum absolute atomic E-state index is 13.0. The minimum Gasteiger partial charge on any atom is -0.313 e. The third-order valence-electron chi connectivity index (χ3n) is 4.49. The molecule has 0 amide bonds. The highest BCUT2D eigenvalue weighted by atomic mass is 32.1. The molecule has 21 heavy (non-hydrogen) atoms. The van der Waals surface area contributed by atoms with Crippen molar-refractivity contribution in [2.24, 2.45) is 5.92 Å². The van der Waals surface area contributed by atoms with Crippen LogP contribution >= 0.6 is 11.3 Å². The molecule has 2 heterocycles. The van der Waals surface area contributed by atoms with Gasteiger partial charge in [0.1, 0.15) is 0 Å². The van der Waals surface area contributed by atoms with Gasteiger partial charge < -0.3 is 4.57 Å². The van der Waals surface area contributed by atoms with Crippen LogP contribution in [0.1, 0.15) is 43.9 Å². The first-order chi connectivity index (χ1) is 9.82. The molecule has 1 N–H and O–H groups in total. The summed E-state index contributed by atoms with van der Waals surface area (Å²) in [4.78, 5) is 0.357. The van der Waals surface area contributed by atoms with E-state index in [1.807, 2.05) is 4.57 Å². The zero-order valence-corrected chi connectivity index (χ0v) is 12.7. The van der Waals surface area contributed by atoms with E-state index in [4.69, 9.17) is 5.41 Å². The largest absolute Gasteiger partial charge is 0.416 e. The standard InChI is InChI=1S/C15H17F3N2S/c1-3-8(2)11-5-4-9-6-10(15(16,17)18)7-12-13(9)20(11)14(19)21-12/h6-8,11,19H,3-5H2,1-2H3/t8?,11-/m1/s1. The minimum absolute atomic E-state index is 0.223. The number of benzene rings is 1. The van der Waals surface area contributed by atoms with Crippen LogP contribution in [0.5, 0.6) is 0 Å². The molecule has 114 valence electrons. The number of rotatable bonds is 2. The number of hydrogen-bond acceptors (Lipinski definition) is 2. The van der Waals surface area contributed by atoms with Gasteiger partial charge in [-0.2, -0.15) is 13.2 Å². The second-order valence-electron chi connectivity index (χ2n) is 5.75. The van der Waals surface area contributed by atoms with Gasteiger partial charge in [0.25, 0.3) is 0 Å². The molecular formula is C15H17F3N2S. The molecule has 6 heteroatoms. The molecular weight excluding hydrogens is 297 g/mol. The summed E-state index contributed by atoms with van der Waals surface area (Å²) < 4.78 is 41.4. The molecule has 1 aliphatic heterocycles. The van der Waals surface area contributed by atoms with Crippen molar-refractivity contribution in [1.82, 2.24) is 4.57 Å². The van der Waals surface area contributed by atoms with E-state index >= 15 is 0 Å². The van der Waals surface area contributed by atoms with E-state index in [1.165, 1.54) is 12.1 Å². The number of aromatic nitrogens is 1. The van der Waals surface area contributed by atoms with Gasteiger partial charge in [-0.25, -0.2) is 0 Å². The summed E-state index contributed by atoms with van der Waals surface area (Å²) in [7, 11) is 0. The van der Waals surface area contributed by atoms with Gasteiger partial charge in [-0.1, -0.05) is 31.6 Å². The van der Waals surface area contributed by atoms with E-state index in [0.717, 1.165) is 35.3 Å². The lowest BCUT2D eigenvalue weighted by molar-refractivity contribution is -0.137. The van der Waals surface area contributed by atoms with Crippen LogP contribution in [0.4, 0.5) is 13.2 Å². The number of thiazole rings is 1. The summed E-state index contributed by atoms with van der Waals surface area (Å²) in [6, 6.07) is 2.68. The van der Waals surface area contributed by atoms with Crippen molar-refractivity contribution in [3.63, 3.8) is 0 Å². The van der Waals surface area contributed by atoms with E-state index in [9.17, 15) is 13.2 Å². The van der Waals surface area contributed by atoms with Crippen molar-refractivity contribution in [1.29, 1.82) is 5.41 Å². The Hall–Kier alpha value is -1.30. The first-order valence-corrected chi connectivity index (χ1v) is 7.94. The van der Waals surface area contributed by atoms with E-state index in [1.54, 1.807) is 0 Å². The topological polar surface area (TPSA) is 28.8 Å². The molecule has 0 saturated carbocycles. The summed E-state index contributed by atoms with van der Waals surface area (Å²) in [6.07, 6.45) is -1.85. The summed E-state index contributed by atoms with van der Waals surface area (Å²) in [5.74, 6) is 0.423. The Balaban J connectivity index is 2.25. The summed E-state index contributed by atoms with van der Waals surface area (Å²) in [5.41, 5.74) is 0.976. The lowest BCUT2D eigenvalue weighted by Gasteiger charge is -2.30. The fourth-order valence-corrected chi connectivity index (χ4v) is 4.23. The number of nitrogens with zero attached hydrogens (tertiary/aromatic N) is 1. The Morgan fingerprint density at radius 3 is 2.76 bits per heavy atom. The number of hydrogen-bond donors (Lipinski definition) is 1. The molecule has 1 unspecified atom stereocenters. The molecule has 1 aliphatic rings. The molecule has 0 bridgehead atoms. The van der Waals surface area contributed by atoms with Crippen molar-refractivity contribution in [3.05, 3.63) is 28.1 Å². The average Bonchev–Trinajstić information content (AvgIpc) is 2.76. The van der Waals surface area contributed by atoms with Gasteiger partial charge in [0.05, 0.1) is 15.8 Å². The molecule has 0 spiro atoms. The normalized spacial score (nSPS) is 20.0. The molecule has 1 aromatic heterocycles. The molecule has 0 fully saturated rings. The molecule has 2 aromatic rings. The fraction of sp³-hybridized carbons (Fsp3) is 0.533. The molecule has 0 aliphatic carbocycles. The maximum Gasteiger partial charge on any atom is 0.416 e. The van der Waals surface area contributed by atoms with Crippen LogP contribution in [-0.4, -0.2) is 4.57 Å². The highest BCUT2D eigenvalue weighted by Gasteiger charge is 2.34. The monoisotopic (exact) mass is 314 g/mol. The number of alkyl halides is 3. The van der Waals surface area contributed by atoms with Crippen LogP contribution in [0.15, 0.2) is 12.1 Å². The first kappa shape index (κ1) is 14.6. The highest BCUT2D eigenvalue weighted by molar-refractivity contribution is 7.16. The van der Waals surface area contributed by atoms with Gasteiger partial charge in [-0.15, -0.1) is 0 Å². The van der Waals surface area contributed by atoms with Crippen molar-refractivity contribution in [2.45, 2.75) is 45.3 Å². The number of aryl methyl sites for hydroxylation is 1. The average molecular weight is 314 g/mol. The minimum atomic E-state index is -4.32. The van der Waals surface area contributed by atoms with Crippen LogP contribution < -0.4 is 4.80 Å². The van der Waals surface area contributed by atoms with E-state index in [2.05, 4.69) is 13.8 Å². The Bertz CT molecular complexity index is 742. The van der Waals surface area contributed by atoms with Gasteiger partial charge >= 0.3 is 6.18 Å². The van der Waals surface area contributed by atoms with Crippen LogP contribution in [0.25, 0.3) is 10.2 Å². The van der Waals surface area contributed by atoms with Crippen LogP contribution in [0.2, 0.25) is 0 Å². The lowest BCUT2D eigenvalue weighted by Crippen LogP contribution is -2.28. The zero-order chi connectivity index (χ0) is 15.4. The van der Waals surface area contributed by atoms with Crippen molar-refractivity contribution >= 4 is 21.6 Å². The summed E-state index contributed by atoms with van der Waals surface area (Å²) in [6.45, 7) is 4.26. The summed E-state index contributed by atoms with van der Waals surface area (Å²) in [5, 5.41) is 8.16. The van der Waals surface area contributed by atoms with Crippen LogP contribution in [-0.2, 0) is 12.6 Å². The maximum atomic E-state index is 13.0. The predicted octanol–water partition coefficient (Wildman–Crippen LogP) is 4.73. The van der Waals surface area contributed by atoms with Crippen molar-refractivity contribution in [3.8, 4) is 0 Å². The smallest absolute Gasteiger partial charge is 0.313 e. The second kappa shape index (κ2) is 4.87. The quantitative estimate of drug-likeness (QED) is 0.830. The molecule has 2 atom stereocenters. The molecule has 0 radical (unpaired) electrons. The van der Waals surface area contributed by atoms with Crippen LogP contribution in [0.3, 0.4) is 0 Å². The third-order valence-corrected chi connectivity index (χ3v) is 5.41. The highest BCUT2D eigenvalue weighted by Crippen LogP contribution is 2.40. The molecule has 0 saturated heterocycles. The lowest BCUT2D eigenvalue weighted by atomic mass is 9.89. The van der Waals surface area contributed by atoms with Gasteiger partial charge in [0, 0.05) is 6.04 Å².